The fraction of sp³-hybridized carbons (Fsp3) is 0.259. The van der Waals surface area contributed by atoms with Gasteiger partial charge in [0.15, 0.2) is 0 Å². The van der Waals surface area contributed by atoms with E-state index in [0.717, 1.165) is 16.7 Å². The van der Waals surface area contributed by atoms with Crippen LogP contribution in [0.25, 0.3) is 0 Å². The van der Waals surface area contributed by atoms with Crippen LogP contribution in [0.2, 0.25) is 0 Å². The standard InChI is InChI=1S/C27H30N4O3/c1-20-11-12-23(18-21(20)2)31(19-26(33)29-17-15-22-8-4-3-5-9-22)27(34)14-13-25(32)30-24-10-6-7-16-28-24/h3-12,16,18H,13-15,17,19H2,1-2H3,(H,29,33)(H,28,30,32). The molecule has 0 atom stereocenters. The average Bonchev–Trinajstić information content (AvgIpc) is 2.84. The van der Waals surface area contributed by atoms with Crippen LogP contribution < -0.4 is 15.5 Å². The van der Waals surface area contributed by atoms with Crippen molar-refractivity contribution < 1.29 is 14.4 Å². The fourth-order valence-corrected chi connectivity index (χ4v) is 3.40. The zero-order valence-electron chi connectivity index (χ0n) is 19.6. The molecule has 7 nitrogen and oxygen atoms in total. The lowest BCUT2D eigenvalue weighted by molar-refractivity contribution is -0.125. The number of nitrogens with one attached hydrogen (secondary N) is 2. The average molecular weight is 459 g/mol. The third kappa shape index (κ3) is 7.55. The third-order valence-electron chi connectivity index (χ3n) is 5.48. The van der Waals surface area contributed by atoms with Gasteiger partial charge in [0.05, 0.1) is 0 Å². The van der Waals surface area contributed by atoms with Crippen LogP contribution in [0.1, 0.15) is 29.5 Å². The van der Waals surface area contributed by atoms with Gasteiger partial charge in [0, 0.05) is 31.3 Å². The Morgan fingerprint density at radius 2 is 1.62 bits per heavy atom. The van der Waals surface area contributed by atoms with Crippen LogP contribution in [0, 0.1) is 13.8 Å². The smallest absolute Gasteiger partial charge is 0.240 e. The van der Waals surface area contributed by atoms with Gasteiger partial charge in [0.25, 0.3) is 0 Å². The first-order valence-electron chi connectivity index (χ1n) is 11.3. The summed E-state index contributed by atoms with van der Waals surface area (Å²) in [7, 11) is 0. The number of aromatic nitrogens is 1. The maximum absolute atomic E-state index is 13.1. The highest BCUT2D eigenvalue weighted by atomic mass is 16.2. The summed E-state index contributed by atoms with van der Waals surface area (Å²) < 4.78 is 0. The van der Waals surface area contributed by atoms with Crippen LogP contribution in [-0.2, 0) is 20.8 Å². The molecule has 2 N–H and O–H groups in total. The Morgan fingerprint density at radius 1 is 0.853 bits per heavy atom. The maximum atomic E-state index is 13.1. The number of aryl methyl sites for hydroxylation is 2. The highest BCUT2D eigenvalue weighted by Crippen LogP contribution is 2.20. The molecule has 0 bridgehead atoms. The Hall–Kier alpha value is -4.00. The number of anilines is 2. The van der Waals surface area contributed by atoms with Gasteiger partial charge in [-0.05, 0) is 61.2 Å². The van der Waals surface area contributed by atoms with Gasteiger partial charge in [-0.15, -0.1) is 0 Å². The third-order valence-corrected chi connectivity index (χ3v) is 5.48. The van der Waals surface area contributed by atoms with Gasteiger partial charge >= 0.3 is 0 Å². The number of hydrogen-bond acceptors (Lipinski definition) is 4. The first kappa shape index (κ1) is 24.6. The van der Waals surface area contributed by atoms with E-state index in [1.54, 1.807) is 24.4 Å². The van der Waals surface area contributed by atoms with Crippen LogP contribution in [0.3, 0.4) is 0 Å². The second-order valence-electron chi connectivity index (χ2n) is 8.10. The summed E-state index contributed by atoms with van der Waals surface area (Å²) in [6.07, 6.45) is 2.26. The molecular formula is C27H30N4O3. The Balaban J connectivity index is 1.61. The highest BCUT2D eigenvalue weighted by molar-refractivity contribution is 6.01. The summed E-state index contributed by atoms with van der Waals surface area (Å²) >= 11 is 0. The summed E-state index contributed by atoms with van der Waals surface area (Å²) in [5.41, 5.74) is 3.88. The molecule has 0 radical (unpaired) electrons. The van der Waals surface area contributed by atoms with Gasteiger partial charge in [0.1, 0.15) is 12.4 Å². The number of benzene rings is 2. The van der Waals surface area contributed by atoms with Gasteiger partial charge in [0.2, 0.25) is 17.7 Å². The fourth-order valence-electron chi connectivity index (χ4n) is 3.40. The summed E-state index contributed by atoms with van der Waals surface area (Å²) in [5, 5.41) is 5.57. The van der Waals surface area contributed by atoms with E-state index in [4.69, 9.17) is 0 Å². The number of carbonyl (C=O) groups is 3. The van der Waals surface area contributed by atoms with Gasteiger partial charge < -0.3 is 15.5 Å². The van der Waals surface area contributed by atoms with Gasteiger partial charge in [-0.1, -0.05) is 42.5 Å². The number of rotatable bonds is 10. The molecule has 7 heteroatoms. The molecule has 34 heavy (non-hydrogen) atoms. The summed E-state index contributed by atoms with van der Waals surface area (Å²) in [6, 6.07) is 20.7. The number of hydrogen-bond donors (Lipinski definition) is 2. The Morgan fingerprint density at radius 3 is 2.32 bits per heavy atom. The second-order valence-corrected chi connectivity index (χ2v) is 8.10. The molecule has 176 valence electrons. The molecule has 0 aliphatic heterocycles. The Labute approximate surface area is 200 Å². The van der Waals surface area contributed by atoms with Crippen LogP contribution in [-0.4, -0.2) is 35.8 Å². The molecule has 3 aromatic rings. The molecule has 0 fully saturated rings. The number of nitrogens with zero attached hydrogens (tertiary/aromatic N) is 2. The van der Waals surface area contributed by atoms with E-state index in [-0.39, 0.29) is 37.1 Å². The minimum Gasteiger partial charge on any atom is -0.354 e. The first-order chi connectivity index (χ1) is 16.4. The SMILES string of the molecule is Cc1ccc(N(CC(=O)NCCc2ccccc2)C(=O)CCC(=O)Nc2ccccn2)cc1C. The maximum Gasteiger partial charge on any atom is 0.240 e. The van der Waals surface area contributed by atoms with Crippen molar-refractivity contribution in [3.8, 4) is 0 Å². The number of pyridine rings is 1. The lowest BCUT2D eigenvalue weighted by atomic mass is 10.1. The number of amides is 3. The van der Waals surface area contributed by atoms with Crippen molar-refractivity contribution in [2.45, 2.75) is 33.1 Å². The second kappa shape index (κ2) is 12.3. The minimum absolute atomic E-state index is 0.00756. The van der Waals surface area contributed by atoms with Crippen molar-refractivity contribution in [3.05, 3.63) is 89.6 Å². The van der Waals surface area contributed by atoms with Crippen LogP contribution >= 0.6 is 0 Å². The first-order valence-corrected chi connectivity index (χ1v) is 11.3. The van der Waals surface area contributed by atoms with Crippen molar-refractivity contribution >= 4 is 29.2 Å². The molecule has 0 aliphatic rings. The predicted molar refractivity (Wildman–Crippen MR) is 134 cm³/mol. The van der Waals surface area contributed by atoms with E-state index in [9.17, 15) is 14.4 Å². The molecule has 2 aromatic carbocycles. The van der Waals surface area contributed by atoms with Crippen LogP contribution in [0.4, 0.5) is 11.5 Å². The van der Waals surface area contributed by atoms with E-state index in [1.165, 1.54) is 4.90 Å². The quantitative estimate of drug-likeness (QED) is 0.483. The molecule has 0 spiro atoms. The summed E-state index contributed by atoms with van der Waals surface area (Å²) in [5.74, 6) is -0.416. The van der Waals surface area contributed by atoms with Crippen molar-refractivity contribution in [1.29, 1.82) is 0 Å². The monoisotopic (exact) mass is 458 g/mol. The molecule has 1 aromatic heterocycles. The zero-order valence-corrected chi connectivity index (χ0v) is 19.6. The van der Waals surface area contributed by atoms with Gasteiger partial charge in [-0.25, -0.2) is 4.98 Å². The molecule has 3 rings (SSSR count). The van der Waals surface area contributed by atoms with E-state index in [0.29, 0.717) is 24.5 Å². The van der Waals surface area contributed by atoms with E-state index >= 15 is 0 Å². The lowest BCUT2D eigenvalue weighted by Gasteiger charge is -2.23. The molecule has 1 heterocycles. The van der Waals surface area contributed by atoms with E-state index in [2.05, 4.69) is 15.6 Å². The topological polar surface area (TPSA) is 91.4 Å². The van der Waals surface area contributed by atoms with Gasteiger partial charge in [-0.3, -0.25) is 14.4 Å². The van der Waals surface area contributed by atoms with Crippen molar-refractivity contribution in [2.24, 2.45) is 0 Å². The van der Waals surface area contributed by atoms with Crippen molar-refractivity contribution in [2.75, 3.05) is 23.3 Å². The molecule has 0 saturated carbocycles. The van der Waals surface area contributed by atoms with Crippen molar-refractivity contribution in [3.63, 3.8) is 0 Å². The highest BCUT2D eigenvalue weighted by Gasteiger charge is 2.20. The van der Waals surface area contributed by atoms with Crippen molar-refractivity contribution in [1.82, 2.24) is 10.3 Å². The number of carbonyl (C=O) groups excluding carboxylic acids is 3. The summed E-state index contributed by atoms with van der Waals surface area (Å²) in [4.78, 5) is 43.5. The molecule has 3 amide bonds. The van der Waals surface area contributed by atoms with Gasteiger partial charge in [-0.2, -0.15) is 0 Å². The normalized spacial score (nSPS) is 10.4. The lowest BCUT2D eigenvalue weighted by Crippen LogP contribution is -2.41. The van der Waals surface area contributed by atoms with Crippen LogP contribution in [0.15, 0.2) is 72.9 Å². The van der Waals surface area contributed by atoms with Crippen LogP contribution in [0.5, 0.6) is 0 Å². The minimum atomic E-state index is -0.306. The molecule has 0 aliphatic carbocycles. The molecule has 0 unspecified atom stereocenters. The molecular weight excluding hydrogens is 428 g/mol. The predicted octanol–water partition coefficient (Wildman–Crippen LogP) is 3.81. The van der Waals surface area contributed by atoms with E-state index in [1.807, 2.05) is 62.4 Å². The largest absolute Gasteiger partial charge is 0.354 e. The van der Waals surface area contributed by atoms with E-state index < -0.39 is 0 Å². The summed E-state index contributed by atoms with van der Waals surface area (Å²) in [6.45, 7) is 4.31. The molecule has 0 saturated heterocycles. The Bertz CT molecular complexity index is 1120. The zero-order chi connectivity index (χ0) is 24.3. The Kier molecular flexibility index (Phi) is 8.91.